The molecule has 0 unspecified atom stereocenters. The van der Waals surface area contributed by atoms with Gasteiger partial charge in [0.15, 0.2) is 18.1 Å². The summed E-state index contributed by atoms with van der Waals surface area (Å²) in [6, 6.07) is 25.9. The molecular weight excluding hydrogens is 598 g/mol. The number of nitrogens with zero attached hydrogens (tertiary/aromatic N) is 1. The van der Waals surface area contributed by atoms with E-state index >= 15 is 0 Å². The van der Waals surface area contributed by atoms with Gasteiger partial charge in [0.1, 0.15) is 12.4 Å². The van der Waals surface area contributed by atoms with Crippen molar-refractivity contribution in [2.24, 2.45) is 5.10 Å². The molecule has 0 heterocycles. The van der Waals surface area contributed by atoms with E-state index in [1.54, 1.807) is 36.4 Å². The monoisotopic (exact) mass is 629 g/mol. The van der Waals surface area contributed by atoms with Crippen LogP contribution in [0.4, 0.5) is 5.69 Å². The van der Waals surface area contributed by atoms with Crippen LogP contribution < -0.4 is 25.0 Å². The lowest BCUT2D eigenvalue weighted by molar-refractivity contribution is -0.118. The highest BCUT2D eigenvalue weighted by molar-refractivity contribution is 9.10. The molecule has 0 atom stereocenters. The first-order valence-electron chi connectivity index (χ1n) is 13.4. The summed E-state index contributed by atoms with van der Waals surface area (Å²) in [7, 11) is 0. The zero-order valence-corrected chi connectivity index (χ0v) is 25.2. The molecule has 0 aliphatic rings. The summed E-state index contributed by atoms with van der Waals surface area (Å²) in [5.41, 5.74) is 7.53. The Labute approximate surface area is 253 Å². The summed E-state index contributed by atoms with van der Waals surface area (Å²) in [6.07, 6.45) is 1.51. The van der Waals surface area contributed by atoms with Crippen molar-refractivity contribution < 1.29 is 23.8 Å². The number of ether oxygens (including phenoxy) is 3. The van der Waals surface area contributed by atoms with E-state index in [9.17, 15) is 9.59 Å². The molecule has 0 bridgehead atoms. The number of anilines is 1. The van der Waals surface area contributed by atoms with Crippen molar-refractivity contribution in [3.63, 3.8) is 0 Å². The van der Waals surface area contributed by atoms with Crippen molar-refractivity contribution in [1.29, 1.82) is 0 Å². The van der Waals surface area contributed by atoms with E-state index in [2.05, 4.69) is 31.8 Å². The number of hydrazone groups is 1. The van der Waals surface area contributed by atoms with Crippen LogP contribution in [0.25, 0.3) is 0 Å². The number of amides is 2. The van der Waals surface area contributed by atoms with E-state index in [0.29, 0.717) is 46.1 Å². The van der Waals surface area contributed by atoms with E-state index in [0.717, 1.165) is 22.4 Å². The summed E-state index contributed by atoms with van der Waals surface area (Å²) in [5.74, 6) is 0.883. The predicted octanol–water partition coefficient (Wildman–Crippen LogP) is 6.83. The van der Waals surface area contributed by atoms with Gasteiger partial charge in [-0.05, 0) is 95.9 Å². The minimum Gasteiger partial charge on any atom is -0.490 e. The summed E-state index contributed by atoms with van der Waals surface area (Å²) in [5, 5.41) is 6.94. The molecule has 9 heteroatoms. The quantitative estimate of drug-likeness (QED) is 0.132. The molecule has 0 radical (unpaired) electrons. The topological polar surface area (TPSA) is 98.3 Å². The van der Waals surface area contributed by atoms with Gasteiger partial charge in [-0.1, -0.05) is 48.0 Å². The summed E-state index contributed by atoms with van der Waals surface area (Å²) in [6.45, 7) is 6.48. The van der Waals surface area contributed by atoms with Gasteiger partial charge in [0.25, 0.3) is 11.8 Å². The molecule has 4 rings (SSSR count). The number of halogens is 1. The molecule has 216 valence electrons. The number of aryl methyl sites for hydroxylation is 2. The second-order valence-electron chi connectivity index (χ2n) is 9.41. The van der Waals surface area contributed by atoms with Gasteiger partial charge in [-0.25, -0.2) is 5.43 Å². The summed E-state index contributed by atoms with van der Waals surface area (Å²) >= 11 is 3.47. The van der Waals surface area contributed by atoms with E-state index in [4.69, 9.17) is 14.2 Å². The van der Waals surface area contributed by atoms with Gasteiger partial charge in [-0.15, -0.1) is 0 Å². The molecule has 2 N–H and O–H groups in total. The third-order valence-electron chi connectivity index (χ3n) is 6.09. The number of carbonyl (C=O) groups excluding carboxylic acids is 2. The van der Waals surface area contributed by atoms with Crippen LogP contribution in [-0.2, 0) is 11.4 Å². The van der Waals surface area contributed by atoms with Crippen LogP contribution in [0.5, 0.6) is 17.2 Å². The Morgan fingerprint density at radius 2 is 1.64 bits per heavy atom. The first kappa shape index (κ1) is 30.3. The second kappa shape index (κ2) is 14.8. The second-order valence-corrected chi connectivity index (χ2v) is 10.3. The fraction of sp³-hybridized carbons (Fsp3) is 0.182. The van der Waals surface area contributed by atoms with Gasteiger partial charge in [0.2, 0.25) is 0 Å². The van der Waals surface area contributed by atoms with Crippen molar-refractivity contribution in [1.82, 2.24) is 5.43 Å². The van der Waals surface area contributed by atoms with E-state index in [-0.39, 0.29) is 12.5 Å². The lowest BCUT2D eigenvalue weighted by atomic mass is 10.1. The Morgan fingerprint density at radius 1 is 0.857 bits per heavy atom. The molecule has 4 aromatic rings. The standard InChI is InChI=1S/C33H32BrN3O5/c1-4-40-31-18-26(12-15-30(31)41-20-24-8-6-5-7-9-24)33(39)37-35-19-25-11-14-29(27(34)17-25)42-21-32(38)36-28-13-10-22(2)16-23(28)3/h5-19H,4,20-21H2,1-3H3,(H,36,38)(H,37,39)/b35-19+. The SMILES string of the molecule is CCOc1cc(C(=O)N/N=C/c2ccc(OCC(=O)Nc3ccc(C)cc3C)c(Br)c2)ccc1OCc1ccccc1. The van der Waals surface area contributed by atoms with Crippen LogP contribution >= 0.6 is 15.9 Å². The highest BCUT2D eigenvalue weighted by Gasteiger charge is 2.12. The minimum absolute atomic E-state index is 0.144. The highest BCUT2D eigenvalue weighted by Crippen LogP contribution is 2.29. The average Bonchev–Trinajstić information content (AvgIpc) is 2.98. The first-order chi connectivity index (χ1) is 20.3. The average molecular weight is 631 g/mol. The Hall–Kier alpha value is -4.63. The van der Waals surface area contributed by atoms with Crippen LogP contribution in [0, 0.1) is 13.8 Å². The van der Waals surface area contributed by atoms with Gasteiger partial charge < -0.3 is 19.5 Å². The zero-order chi connectivity index (χ0) is 29.9. The summed E-state index contributed by atoms with van der Waals surface area (Å²) in [4.78, 5) is 25.1. The van der Waals surface area contributed by atoms with Gasteiger partial charge in [-0.3, -0.25) is 9.59 Å². The molecule has 2 amide bonds. The number of carbonyl (C=O) groups is 2. The smallest absolute Gasteiger partial charge is 0.271 e. The van der Waals surface area contributed by atoms with Crippen molar-refractivity contribution >= 4 is 39.6 Å². The van der Waals surface area contributed by atoms with Gasteiger partial charge in [0, 0.05) is 11.3 Å². The Morgan fingerprint density at radius 3 is 2.38 bits per heavy atom. The zero-order valence-electron chi connectivity index (χ0n) is 23.6. The molecule has 8 nitrogen and oxygen atoms in total. The number of nitrogens with one attached hydrogen (secondary N) is 2. The first-order valence-corrected chi connectivity index (χ1v) is 14.2. The molecule has 0 aromatic heterocycles. The third-order valence-corrected chi connectivity index (χ3v) is 6.71. The van der Waals surface area contributed by atoms with Crippen molar-refractivity contribution in [2.45, 2.75) is 27.4 Å². The van der Waals surface area contributed by atoms with Crippen molar-refractivity contribution in [3.8, 4) is 17.2 Å². The lowest BCUT2D eigenvalue weighted by Gasteiger charge is -2.13. The largest absolute Gasteiger partial charge is 0.490 e. The van der Waals surface area contributed by atoms with Gasteiger partial charge in [0.05, 0.1) is 17.3 Å². The maximum Gasteiger partial charge on any atom is 0.271 e. The molecule has 0 saturated carbocycles. The van der Waals surface area contributed by atoms with E-state index < -0.39 is 5.91 Å². The number of hydrogen-bond donors (Lipinski definition) is 2. The molecule has 0 aliphatic heterocycles. The Kier molecular flexibility index (Phi) is 10.7. The normalized spacial score (nSPS) is 10.8. The molecule has 0 aliphatic carbocycles. The number of rotatable bonds is 12. The van der Waals surface area contributed by atoms with Crippen molar-refractivity contribution in [3.05, 3.63) is 117 Å². The molecular formula is C33H32BrN3O5. The highest BCUT2D eigenvalue weighted by atomic mass is 79.9. The van der Waals surface area contributed by atoms with Crippen LogP contribution in [0.15, 0.2) is 94.5 Å². The fourth-order valence-corrected chi connectivity index (χ4v) is 4.51. The fourth-order valence-electron chi connectivity index (χ4n) is 4.00. The molecule has 4 aromatic carbocycles. The Bertz CT molecular complexity index is 1570. The maximum atomic E-state index is 12.7. The van der Waals surface area contributed by atoms with Gasteiger partial charge in [-0.2, -0.15) is 5.10 Å². The van der Waals surface area contributed by atoms with Gasteiger partial charge >= 0.3 is 0 Å². The third kappa shape index (κ3) is 8.68. The molecule has 0 fully saturated rings. The van der Waals surface area contributed by atoms with Crippen LogP contribution in [0.3, 0.4) is 0 Å². The maximum absolute atomic E-state index is 12.7. The van der Waals surface area contributed by atoms with E-state index in [1.807, 2.05) is 69.3 Å². The lowest BCUT2D eigenvalue weighted by Crippen LogP contribution is -2.20. The van der Waals surface area contributed by atoms with Crippen LogP contribution in [-0.4, -0.2) is 31.2 Å². The molecule has 42 heavy (non-hydrogen) atoms. The van der Waals surface area contributed by atoms with E-state index in [1.165, 1.54) is 6.21 Å². The van der Waals surface area contributed by atoms with Crippen molar-refractivity contribution in [2.75, 3.05) is 18.5 Å². The Balaban J connectivity index is 1.30. The molecule has 0 spiro atoms. The van der Waals surface area contributed by atoms with Crippen LogP contribution in [0.2, 0.25) is 0 Å². The van der Waals surface area contributed by atoms with Crippen LogP contribution in [0.1, 0.15) is 39.5 Å². The number of benzene rings is 4. The molecule has 0 saturated heterocycles. The minimum atomic E-state index is -0.393. The number of hydrogen-bond acceptors (Lipinski definition) is 6. The summed E-state index contributed by atoms with van der Waals surface area (Å²) < 4.78 is 17.9. The predicted molar refractivity (Wildman–Crippen MR) is 168 cm³/mol.